The van der Waals surface area contributed by atoms with Crippen LogP contribution in [0, 0.1) is 0 Å². The molecule has 0 heterocycles. The molecule has 0 aromatic heterocycles. The molecular weight excluding hydrogens is 452 g/mol. The lowest BCUT2D eigenvalue weighted by Gasteiger charge is -2.24. The van der Waals surface area contributed by atoms with Crippen molar-refractivity contribution in [2.75, 3.05) is 13.1 Å². The molecule has 35 heavy (non-hydrogen) atoms. The first kappa shape index (κ1) is 30.0. The molecule has 0 aliphatic carbocycles. The summed E-state index contributed by atoms with van der Waals surface area (Å²) >= 11 is 0. The van der Waals surface area contributed by atoms with E-state index in [-0.39, 0.29) is 12.8 Å². The number of carbonyl (C=O) groups is 4. The molecule has 0 bridgehead atoms. The quantitative estimate of drug-likeness (QED) is 0.139. The van der Waals surface area contributed by atoms with Crippen LogP contribution in [0.1, 0.15) is 51.0 Å². The van der Waals surface area contributed by atoms with Gasteiger partial charge < -0.3 is 38.3 Å². The van der Waals surface area contributed by atoms with Gasteiger partial charge in [-0.05, 0) is 57.7 Å². The lowest BCUT2D eigenvalue weighted by Crippen LogP contribution is -2.56. The maximum absolute atomic E-state index is 12.9. The van der Waals surface area contributed by atoms with Crippen molar-refractivity contribution in [3.8, 4) is 0 Å². The van der Waals surface area contributed by atoms with Crippen molar-refractivity contribution in [2.24, 2.45) is 17.2 Å². The Bertz CT molecular complexity index is 807. The molecule has 0 saturated carbocycles. The fourth-order valence-corrected chi connectivity index (χ4v) is 3.41. The third-order valence-corrected chi connectivity index (χ3v) is 5.54. The van der Waals surface area contributed by atoms with Crippen molar-refractivity contribution in [1.29, 1.82) is 0 Å². The fourth-order valence-electron chi connectivity index (χ4n) is 3.41. The monoisotopic (exact) mass is 492 g/mol. The Labute approximate surface area is 206 Å². The van der Waals surface area contributed by atoms with Crippen molar-refractivity contribution in [1.82, 2.24) is 16.0 Å². The number of hydrogen-bond donors (Lipinski definition) is 7. The molecule has 0 aliphatic rings. The molecule has 4 unspecified atom stereocenters. The van der Waals surface area contributed by atoms with Crippen LogP contribution in [0.25, 0.3) is 0 Å². The lowest BCUT2D eigenvalue weighted by molar-refractivity contribution is -0.142. The first-order valence-corrected chi connectivity index (χ1v) is 12.0. The van der Waals surface area contributed by atoms with Crippen molar-refractivity contribution in [3.63, 3.8) is 0 Å². The number of unbranched alkanes of at least 4 members (excludes halogenated alkanes) is 2. The number of carboxylic acid groups (broad SMARTS) is 1. The molecule has 0 spiro atoms. The van der Waals surface area contributed by atoms with Crippen molar-refractivity contribution >= 4 is 23.7 Å². The second-order valence-corrected chi connectivity index (χ2v) is 8.56. The van der Waals surface area contributed by atoms with Gasteiger partial charge in [0.2, 0.25) is 17.7 Å². The number of nitrogens with two attached hydrogens (primary N) is 3. The van der Waals surface area contributed by atoms with Crippen LogP contribution in [-0.4, -0.2) is 66.1 Å². The molecule has 11 nitrogen and oxygen atoms in total. The number of amides is 3. The summed E-state index contributed by atoms with van der Waals surface area (Å²) in [4.78, 5) is 49.7. The zero-order chi connectivity index (χ0) is 26.2. The Morgan fingerprint density at radius 3 is 1.94 bits per heavy atom. The highest BCUT2D eigenvalue weighted by atomic mass is 16.4. The predicted octanol–water partition coefficient (Wildman–Crippen LogP) is -0.627. The zero-order valence-corrected chi connectivity index (χ0v) is 20.4. The molecule has 3 amide bonds. The Kier molecular flexibility index (Phi) is 14.2. The number of carboxylic acids is 1. The van der Waals surface area contributed by atoms with E-state index < -0.39 is 47.9 Å². The molecule has 0 radical (unpaired) electrons. The smallest absolute Gasteiger partial charge is 0.326 e. The minimum Gasteiger partial charge on any atom is -0.480 e. The van der Waals surface area contributed by atoms with E-state index in [2.05, 4.69) is 16.0 Å². The first-order valence-electron chi connectivity index (χ1n) is 12.0. The zero-order valence-electron chi connectivity index (χ0n) is 20.4. The lowest BCUT2D eigenvalue weighted by atomic mass is 10.0. The van der Waals surface area contributed by atoms with Gasteiger partial charge in [0, 0.05) is 6.42 Å². The molecule has 0 saturated heterocycles. The van der Waals surface area contributed by atoms with Crippen LogP contribution in [0.2, 0.25) is 0 Å². The Morgan fingerprint density at radius 1 is 0.800 bits per heavy atom. The molecule has 11 heteroatoms. The molecular formula is C24H40N6O5. The summed E-state index contributed by atoms with van der Waals surface area (Å²) in [5.74, 6) is -2.84. The molecule has 1 aromatic carbocycles. The van der Waals surface area contributed by atoms with Gasteiger partial charge in [-0.15, -0.1) is 0 Å². The maximum Gasteiger partial charge on any atom is 0.326 e. The van der Waals surface area contributed by atoms with Gasteiger partial charge in [0.25, 0.3) is 0 Å². The van der Waals surface area contributed by atoms with E-state index in [0.717, 1.165) is 12.0 Å². The number of benzene rings is 1. The largest absolute Gasteiger partial charge is 0.480 e. The van der Waals surface area contributed by atoms with E-state index in [9.17, 15) is 24.3 Å². The standard InChI is InChI=1S/C24H40N6O5/c1-16(28-22(32)18(27)11-5-7-13-25)21(31)29-19(12-6-8-14-26)23(33)30-20(24(34)35)15-17-9-3-2-4-10-17/h2-4,9-10,16,18-20H,5-8,11-15,25-27H2,1H3,(H,28,32)(H,29,31)(H,30,33)(H,34,35). The highest BCUT2D eigenvalue weighted by molar-refractivity contribution is 5.93. The van der Waals surface area contributed by atoms with Gasteiger partial charge in [-0.2, -0.15) is 0 Å². The Hall–Kier alpha value is -3.02. The SMILES string of the molecule is CC(NC(=O)C(N)CCCCN)C(=O)NC(CCCCN)C(=O)NC(Cc1ccccc1)C(=O)O. The van der Waals surface area contributed by atoms with Crippen molar-refractivity contribution in [3.05, 3.63) is 35.9 Å². The van der Waals surface area contributed by atoms with E-state index >= 15 is 0 Å². The Morgan fingerprint density at radius 2 is 1.37 bits per heavy atom. The number of carbonyl (C=O) groups excluding carboxylic acids is 3. The molecule has 1 aromatic rings. The van der Waals surface area contributed by atoms with E-state index in [1.165, 1.54) is 6.92 Å². The molecule has 0 aliphatic heterocycles. The third-order valence-electron chi connectivity index (χ3n) is 5.54. The van der Waals surface area contributed by atoms with Gasteiger partial charge in [-0.3, -0.25) is 14.4 Å². The third kappa shape index (κ3) is 11.8. The van der Waals surface area contributed by atoms with Crippen LogP contribution in [0.3, 0.4) is 0 Å². The highest BCUT2D eigenvalue weighted by Crippen LogP contribution is 2.07. The summed E-state index contributed by atoms with van der Waals surface area (Å²) in [5.41, 5.74) is 17.6. The highest BCUT2D eigenvalue weighted by Gasteiger charge is 2.28. The van der Waals surface area contributed by atoms with Gasteiger partial charge in [0.1, 0.15) is 18.1 Å². The number of nitrogens with one attached hydrogen (secondary N) is 3. The van der Waals surface area contributed by atoms with Gasteiger partial charge in [-0.1, -0.05) is 36.8 Å². The number of rotatable bonds is 17. The van der Waals surface area contributed by atoms with E-state index in [0.29, 0.717) is 38.8 Å². The van der Waals surface area contributed by atoms with Crippen LogP contribution in [0.5, 0.6) is 0 Å². The van der Waals surface area contributed by atoms with Crippen molar-refractivity contribution < 1.29 is 24.3 Å². The van der Waals surface area contributed by atoms with E-state index in [1.807, 2.05) is 6.07 Å². The summed E-state index contributed by atoms with van der Waals surface area (Å²) in [6.07, 6.45) is 3.44. The molecule has 196 valence electrons. The van der Waals surface area contributed by atoms with E-state index in [4.69, 9.17) is 17.2 Å². The van der Waals surface area contributed by atoms with E-state index in [1.54, 1.807) is 24.3 Å². The summed E-state index contributed by atoms with van der Waals surface area (Å²) in [6, 6.07) is 5.07. The van der Waals surface area contributed by atoms with Crippen LogP contribution >= 0.6 is 0 Å². The minimum absolute atomic E-state index is 0.0971. The molecule has 10 N–H and O–H groups in total. The minimum atomic E-state index is -1.18. The molecule has 1 rings (SSSR count). The maximum atomic E-state index is 12.9. The fraction of sp³-hybridized carbons (Fsp3) is 0.583. The Balaban J connectivity index is 2.78. The van der Waals surface area contributed by atoms with Crippen LogP contribution in [0.4, 0.5) is 0 Å². The van der Waals surface area contributed by atoms with Crippen LogP contribution in [-0.2, 0) is 25.6 Å². The van der Waals surface area contributed by atoms with Gasteiger partial charge >= 0.3 is 5.97 Å². The molecule has 0 fully saturated rings. The summed E-state index contributed by atoms with van der Waals surface area (Å²) in [5, 5.41) is 17.3. The van der Waals surface area contributed by atoms with Gasteiger partial charge in [0.05, 0.1) is 6.04 Å². The van der Waals surface area contributed by atoms with Gasteiger partial charge in [0.15, 0.2) is 0 Å². The van der Waals surface area contributed by atoms with Crippen molar-refractivity contribution in [2.45, 2.75) is 76.0 Å². The number of aliphatic carboxylic acids is 1. The molecule has 4 atom stereocenters. The topological polar surface area (TPSA) is 203 Å². The predicted molar refractivity (Wildman–Crippen MR) is 133 cm³/mol. The summed E-state index contributed by atoms with van der Waals surface area (Å²) in [6.45, 7) is 2.42. The average molecular weight is 493 g/mol. The number of hydrogen-bond acceptors (Lipinski definition) is 7. The van der Waals surface area contributed by atoms with Gasteiger partial charge in [-0.25, -0.2) is 4.79 Å². The first-order chi connectivity index (χ1) is 16.7. The summed E-state index contributed by atoms with van der Waals surface area (Å²) in [7, 11) is 0. The van der Waals surface area contributed by atoms with Crippen LogP contribution < -0.4 is 33.2 Å². The second kappa shape index (κ2) is 16.6. The average Bonchev–Trinajstić information content (AvgIpc) is 2.83. The van der Waals surface area contributed by atoms with Crippen LogP contribution in [0.15, 0.2) is 30.3 Å². The summed E-state index contributed by atoms with van der Waals surface area (Å²) < 4.78 is 0. The normalized spacial score (nSPS) is 14.3. The second-order valence-electron chi connectivity index (χ2n) is 8.56.